The predicted octanol–water partition coefficient (Wildman–Crippen LogP) is 4.60. The Morgan fingerprint density at radius 3 is 2.59 bits per heavy atom. The van der Waals surface area contributed by atoms with E-state index in [2.05, 4.69) is 18.0 Å². The number of hydrogen-bond donors (Lipinski definition) is 0. The number of likely N-dealkylation sites (N-methyl/N-ethyl adjacent to an activating group) is 2. The lowest BCUT2D eigenvalue weighted by molar-refractivity contribution is -0.220. The Morgan fingerprint density at radius 1 is 1.15 bits per heavy atom. The van der Waals surface area contributed by atoms with Gasteiger partial charge in [-0.15, -0.1) is 0 Å². The van der Waals surface area contributed by atoms with Gasteiger partial charge in [-0.05, 0) is 74.7 Å². The number of hydrogen-bond acceptors (Lipinski definition) is 5. The average Bonchev–Trinajstić information content (AvgIpc) is 3.23. The number of amides is 1. The number of ether oxygens (including phenoxy) is 2. The SMILES string of the molecule is CC(=O)O[C@@]12CC[C@H](N(C)C(=O)C=Cc3ccc(C(F)(F)F)cc3)[C@@H]3Oc4cccc5c4[C@@]31CCN(C)[C@@H]2C5. The van der Waals surface area contributed by atoms with Crippen molar-refractivity contribution in [2.75, 3.05) is 20.6 Å². The summed E-state index contributed by atoms with van der Waals surface area (Å²) < 4.78 is 51.7. The number of carbonyl (C=O) groups is 2. The molecule has 39 heavy (non-hydrogen) atoms. The fourth-order valence-corrected chi connectivity index (χ4v) is 7.76. The Labute approximate surface area is 225 Å². The highest BCUT2D eigenvalue weighted by Crippen LogP contribution is 2.65. The zero-order valence-corrected chi connectivity index (χ0v) is 22.1. The highest BCUT2D eigenvalue weighted by molar-refractivity contribution is 5.92. The van der Waals surface area contributed by atoms with E-state index in [4.69, 9.17) is 9.47 Å². The monoisotopic (exact) mass is 540 g/mol. The standard InChI is InChI=1S/C30H31F3N2O4/c1-18(36)39-29-14-13-22(35(3)25(37)12-9-19-7-10-21(11-8-19)30(31,32)33)27-28(29)15-16-34(2)24(29)17-20-5-4-6-23(38-27)26(20)28/h4-12,22,24,27H,13-17H2,1-3H3/t22-,24+,27-,28-,29+/m0/s1. The van der Waals surface area contributed by atoms with Gasteiger partial charge in [0, 0.05) is 25.6 Å². The van der Waals surface area contributed by atoms with Gasteiger partial charge in [0.1, 0.15) is 17.5 Å². The van der Waals surface area contributed by atoms with Crippen molar-refractivity contribution >= 4 is 18.0 Å². The first-order valence-corrected chi connectivity index (χ1v) is 13.3. The molecule has 2 aliphatic heterocycles. The third kappa shape index (κ3) is 3.72. The number of benzene rings is 2. The van der Waals surface area contributed by atoms with Crippen molar-refractivity contribution in [1.82, 2.24) is 9.80 Å². The van der Waals surface area contributed by atoms with Crippen LogP contribution >= 0.6 is 0 Å². The second-order valence-electron chi connectivity index (χ2n) is 11.2. The van der Waals surface area contributed by atoms with Gasteiger partial charge in [0.05, 0.1) is 23.1 Å². The van der Waals surface area contributed by atoms with Crippen molar-refractivity contribution < 1.29 is 32.2 Å². The summed E-state index contributed by atoms with van der Waals surface area (Å²) in [5.74, 6) is 0.213. The highest BCUT2D eigenvalue weighted by atomic mass is 19.4. The third-order valence-corrected chi connectivity index (χ3v) is 9.38. The molecular formula is C30H31F3N2O4. The molecule has 2 bridgehead atoms. The van der Waals surface area contributed by atoms with Crippen LogP contribution in [0.15, 0.2) is 48.5 Å². The van der Waals surface area contributed by atoms with Crippen LogP contribution in [0, 0.1) is 0 Å². The van der Waals surface area contributed by atoms with Gasteiger partial charge >= 0.3 is 12.1 Å². The van der Waals surface area contributed by atoms with Crippen molar-refractivity contribution in [3.8, 4) is 5.75 Å². The topological polar surface area (TPSA) is 59.1 Å². The van der Waals surface area contributed by atoms with Crippen molar-refractivity contribution in [3.05, 3.63) is 70.8 Å². The molecule has 1 amide bonds. The first kappa shape index (κ1) is 25.9. The second-order valence-corrected chi connectivity index (χ2v) is 11.2. The smallest absolute Gasteiger partial charge is 0.416 e. The molecule has 4 aliphatic rings. The second kappa shape index (κ2) is 8.84. The molecule has 9 heteroatoms. The Bertz CT molecular complexity index is 1360. The van der Waals surface area contributed by atoms with Gasteiger partial charge in [-0.2, -0.15) is 13.2 Å². The van der Waals surface area contributed by atoms with Crippen LogP contribution in [0.5, 0.6) is 5.75 Å². The number of alkyl halides is 3. The highest BCUT2D eigenvalue weighted by Gasteiger charge is 2.75. The number of halogens is 3. The van der Waals surface area contributed by atoms with E-state index >= 15 is 0 Å². The van der Waals surface area contributed by atoms with E-state index < -0.39 is 28.9 Å². The van der Waals surface area contributed by atoms with E-state index in [1.165, 1.54) is 36.8 Å². The van der Waals surface area contributed by atoms with Gasteiger partial charge in [-0.1, -0.05) is 24.3 Å². The van der Waals surface area contributed by atoms with E-state index in [1.54, 1.807) is 11.9 Å². The fourth-order valence-electron chi connectivity index (χ4n) is 7.76. The van der Waals surface area contributed by atoms with Gasteiger partial charge in [0.15, 0.2) is 0 Å². The van der Waals surface area contributed by atoms with Gasteiger partial charge in [0.2, 0.25) is 5.91 Å². The lowest BCUT2D eigenvalue weighted by Crippen LogP contribution is -2.78. The van der Waals surface area contributed by atoms with Crippen LogP contribution in [0.4, 0.5) is 13.2 Å². The van der Waals surface area contributed by atoms with Crippen LogP contribution in [-0.4, -0.2) is 66.1 Å². The third-order valence-electron chi connectivity index (χ3n) is 9.38. The zero-order valence-electron chi connectivity index (χ0n) is 22.1. The number of carbonyl (C=O) groups excluding carboxylic acids is 2. The predicted molar refractivity (Wildman–Crippen MR) is 138 cm³/mol. The molecule has 206 valence electrons. The molecule has 1 spiro atoms. The minimum Gasteiger partial charge on any atom is -0.487 e. The molecule has 1 saturated carbocycles. The van der Waals surface area contributed by atoms with Crippen LogP contribution in [-0.2, 0) is 32.3 Å². The van der Waals surface area contributed by atoms with Crippen molar-refractivity contribution in [1.29, 1.82) is 0 Å². The molecular weight excluding hydrogens is 509 g/mol. The van der Waals surface area contributed by atoms with E-state index in [9.17, 15) is 22.8 Å². The van der Waals surface area contributed by atoms with Crippen LogP contribution in [0.2, 0.25) is 0 Å². The van der Waals surface area contributed by atoms with Crippen LogP contribution in [0.3, 0.4) is 0 Å². The Hall–Kier alpha value is -3.33. The minimum absolute atomic E-state index is 0.00336. The lowest BCUT2D eigenvalue weighted by Gasteiger charge is -2.65. The van der Waals surface area contributed by atoms with Crippen molar-refractivity contribution in [3.63, 3.8) is 0 Å². The molecule has 6 rings (SSSR count). The van der Waals surface area contributed by atoms with Crippen molar-refractivity contribution in [2.24, 2.45) is 0 Å². The summed E-state index contributed by atoms with van der Waals surface area (Å²) >= 11 is 0. The molecule has 6 nitrogen and oxygen atoms in total. The Balaban J connectivity index is 1.33. The number of nitrogens with zero attached hydrogens (tertiary/aromatic N) is 2. The van der Waals surface area contributed by atoms with Gasteiger partial charge in [-0.25, -0.2) is 0 Å². The molecule has 2 fully saturated rings. The molecule has 2 aromatic carbocycles. The summed E-state index contributed by atoms with van der Waals surface area (Å²) in [6, 6.07) is 10.5. The van der Waals surface area contributed by atoms with E-state index in [0.717, 1.165) is 42.8 Å². The first-order chi connectivity index (χ1) is 18.5. The molecule has 0 aromatic heterocycles. The normalized spacial score (nSPS) is 31.0. The quantitative estimate of drug-likeness (QED) is 0.419. The maximum atomic E-state index is 13.4. The molecule has 1 saturated heterocycles. The van der Waals surface area contributed by atoms with Crippen LogP contribution in [0.25, 0.3) is 6.08 Å². The molecule has 0 radical (unpaired) electrons. The van der Waals surface area contributed by atoms with E-state index in [1.807, 2.05) is 12.1 Å². The lowest BCUT2D eigenvalue weighted by atomic mass is 9.48. The summed E-state index contributed by atoms with van der Waals surface area (Å²) in [5, 5.41) is 0. The molecule has 2 aliphatic carbocycles. The minimum atomic E-state index is -4.41. The number of likely N-dealkylation sites (tertiary alicyclic amines) is 1. The summed E-state index contributed by atoms with van der Waals surface area (Å²) in [6.07, 6.45) is 0.792. The Kier molecular flexibility index (Phi) is 5.88. The Morgan fingerprint density at radius 2 is 1.90 bits per heavy atom. The largest absolute Gasteiger partial charge is 0.487 e. The molecule has 2 heterocycles. The summed E-state index contributed by atoms with van der Waals surface area (Å²) in [5.41, 5.74) is 0.751. The maximum Gasteiger partial charge on any atom is 0.416 e. The van der Waals surface area contributed by atoms with Gasteiger partial charge in [-0.3, -0.25) is 14.5 Å². The average molecular weight is 541 g/mol. The number of esters is 1. The summed E-state index contributed by atoms with van der Waals surface area (Å²) in [4.78, 5) is 29.9. The number of rotatable bonds is 4. The van der Waals surface area contributed by atoms with Gasteiger partial charge in [0.25, 0.3) is 0 Å². The fraction of sp³-hybridized carbons (Fsp3) is 0.467. The zero-order chi connectivity index (χ0) is 27.7. The molecule has 5 atom stereocenters. The first-order valence-electron chi connectivity index (χ1n) is 13.3. The summed E-state index contributed by atoms with van der Waals surface area (Å²) in [7, 11) is 3.82. The molecule has 0 N–H and O–H groups in total. The number of piperidine rings is 1. The molecule has 0 unspecified atom stereocenters. The van der Waals surface area contributed by atoms with Crippen LogP contribution in [0.1, 0.15) is 48.4 Å². The maximum absolute atomic E-state index is 13.4. The van der Waals surface area contributed by atoms with Crippen molar-refractivity contribution in [2.45, 2.75) is 68.0 Å². The molecule has 2 aromatic rings. The summed E-state index contributed by atoms with van der Waals surface area (Å²) in [6.45, 7) is 2.28. The van der Waals surface area contributed by atoms with Crippen LogP contribution < -0.4 is 4.74 Å². The van der Waals surface area contributed by atoms with Gasteiger partial charge < -0.3 is 14.4 Å². The van der Waals surface area contributed by atoms with E-state index in [0.29, 0.717) is 18.4 Å². The van der Waals surface area contributed by atoms with E-state index in [-0.39, 0.29) is 24.0 Å².